The minimum Gasteiger partial charge on any atom is -0.369 e. The van der Waals surface area contributed by atoms with Crippen molar-refractivity contribution in [2.75, 3.05) is 44.2 Å². The number of benzene rings is 1. The Morgan fingerprint density at radius 2 is 1.94 bits per heavy atom. The molecule has 1 N–H and O–H groups in total. The maximum Gasteiger partial charge on any atom is 0.416 e. The van der Waals surface area contributed by atoms with E-state index in [0.29, 0.717) is 31.1 Å². The molecule has 31 heavy (non-hydrogen) atoms. The van der Waals surface area contributed by atoms with Gasteiger partial charge in [-0.1, -0.05) is 11.2 Å². The minimum absolute atomic E-state index is 0.0521. The van der Waals surface area contributed by atoms with E-state index >= 15 is 0 Å². The molecule has 0 spiro atoms. The van der Waals surface area contributed by atoms with Crippen molar-refractivity contribution in [3.05, 3.63) is 46.8 Å². The lowest BCUT2D eigenvalue weighted by molar-refractivity contribution is -0.137. The highest BCUT2D eigenvalue weighted by Crippen LogP contribution is 2.32. The first-order valence-electron chi connectivity index (χ1n) is 10.5. The van der Waals surface area contributed by atoms with E-state index in [4.69, 9.17) is 4.52 Å². The predicted octanol–water partition coefficient (Wildman–Crippen LogP) is 3.74. The van der Waals surface area contributed by atoms with Crippen molar-refractivity contribution >= 4 is 11.6 Å². The molecule has 1 aromatic carbocycles. The second kappa shape index (κ2) is 9.72. The zero-order valence-corrected chi connectivity index (χ0v) is 18.1. The first-order valence-corrected chi connectivity index (χ1v) is 10.5. The highest BCUT2D eigenvalue weighted by atomic mass is 19.4. The van der Waals surface area contributed by atoms with E-state index in [1.807, 2.05) is 18.7 Å². The van der Waals surface area contributed by atoms with Gasteiger partial charge in [-0.15, -0.1) is 0 Å². The zero-order chi connectivity index (χ0) is 22.6. The van der Waals surface area contributed by atoms with Gasteiger partial charge in [0, 0.05) is 44.0 Å². The molecule has 9 heteroatoms. The largest absolute Gasteiger partial charge is 0.416 e. The van der Waals surface area contributed by atoms with E-state index in [2.05, 4.69) is 15.4 Å². The summed E-state index contributed by atoms with van der Waals surface area (Å²) in [6.45, 7) is 9.78. The maximum absolute atomic E-state index is 12.9. The zero-order valence-electron chi connectivity index (χ0n) is 18.1. The number of halogens is 3. The van der Waals surface area contributed by atoms with Gasteiger partial charge in [0.25, 0.3) is 0 Å². The lowest BCUT2D eigenvalue weighted by Crippen LogP contribution is -2.47. The van der Waals surface area contributed by atoms with Gasteiger partial charge in [0.2, 0.25) is 5.91 Å². The van der Waals surface area contributed by atoms with Gasteiger partial charge >= 0.3 is 6.18 Å². The van der Waals surface area contributed by atoms with Crippen LogP contribution in [0.3, 0.4) is 0 Å². The van der Waals surface area contributed by atoms with Crippen LogP contribution >= 0.6 is 0 Å². The molecule has 0 aliphatic carbocycles. The Hall–Kier alpha value is -2.55. The first kappa shape index (κ1) is 23.1. The van der Waals surface area contributed by atoms with Gasteiger partial charge in [-0.2, -0.15) is 13.2 Å². The second-order valence-electron chi connectivity index (χ2n) is 7.98. The molecular weight excluding hydrogens is 409 g/mol. The van der Waals surface area contributed by atoms with Crippen LogP contribution in [0.5, 0.6) is 0 Å². The van der Waals surface area contributed by atoms with E-state index in [0.717, 1.165) is 43.4 Å². The minimum atomic E-state index is -4.33. The molecule has 1 atom stereocenters. The molecule has 0 bridgehead atoms. The van der Waals surface area contributed by atoms with E-state index in [1.54, 1.807) is 13.0 Å². The van der Waals surface area contributed by atoms with Crippen LogP contribution in [0, 0.1) is 13.8 Å². The number of aromatic nitrogens is 1. The molecule has 1 amide bonds. The van der Waals surface area contributed by atoms with E-state index in [-0.39, 0.29) is 11.8 Å². The molecule has 0 radical (unpaired) electrons. The van der Waals surface area contributed by atoms with Gasteiger partial charge in [-0.05, 0) is 51.9 Å². The molecule has 0 saturated carbocycles. The highest BCUT2D eigenvalue weighted by molar-refractivity contribution is 5.83. The molecule has 170 valence electrons. The van der Waals surface area contributed by atoms with E-state index in [1.165, 1.54) is 12.1 Å². The Bertz CT molecular complexity index is 870. The highest BCUT2D eigenvalue weighted by Gasteiger charge is 2.31. The van der Waals surface area contributed by atoms with Crippen LogP contribution in [0.15, 0.2) is 28.8 Å². The summed E-state index contributed by atoms with van der Waals surface area (Å²) in [5, 5.41) is 6.87. The third-order valence-electron chi connectivity index (χ3n) is 5.78. The van der Waals surface area contributed by atoms with Crippen molar-refractivity contribution in [1.82, 2.24) is 15.4 Å². The number of aryl methyl sites for hydroxylation is 2. The number of nitrogens with zero attached hydrogens (tertiary/aromatic N) is 3. The second-order valence-corrected chi connectivity index (χ2v) is 7.98. The third kappa shape index (κ3) is 5.78. The van der Waals surface area contributed by atoms with Gasteiger partial charge in [0.05, 0.1) is 17.2 Å². The Kier molecular flexibility index (Phi) is 7.25. The van der Waals surface area contributed by atoms with Crippen molar-refractivity contribution in [1.29, 1.82) is 0 Å². The molecule has 1 aliphatic heterocycles. The van der Waals surface area contributed by atoms with Crippen LogP contribution in [0.1, 0.15) is 41.8 Å². The fourth-order valence-electron chi connectivity index (χ4n) is 4.02. The molecule has 2 aromatic rings. The average Bonchev–Trinajstić information content (AvgIpc) is 3.08. The number of rotatable bonds is 7. The number of carbonyl (C=O) groups is 1. The van der Waals surface area contributed by atoms with E-state index < -0.39 is 11.7 Å². The summed E-state index contributed by atoms with van der Waals surface area (Å²) >= 11 is 0. The Balaban J connectivity index is 1.40. The smallest absolute Gasteiger partial charge is 0.369 e. The van der Waals surface area contributed by atoms with Gasteiger partial charge < -0.3 is 14.7 Å². The number of nitrogens with one attached hydrogen (secondary N) is 1. The summed E-state index contributed by atoms with van der Waals surface area (Å²) in [7, 11) is 0. The molecular formula is C22H29F3N4O2. The summed E-state index contributed by atoms with van der Waals surface area (Å²) in [5.74, 6) is 0.296. The van der Waals surface area contributed by atoms with Gasteiger partial charge in [-0.3, -0.25) is 9.69 Å². The first-order chi connectivity index (χ1) is 14.7. The number of anilines is 1. The molecule has 6 nitrogen and oxygen atoms in total. The van der Waals surface area contributed by atoms with Crippen molar-refractivity contribution in [3.63, 3.8) is 0 Å². The Morgan fingerprint density at radius 1 is 1.23 bits per heavy atom. The summed E-state index contributed by atoms with van der Waals surface area (Å²) in [4.78, 5) is 16.7. The fraction of sp³-hybridized carbons (Fsp3) is 0.545. The van der Waals surface area contributed by atoms with Crippen molar-refractivity contribution in [3.8, 4) is 0 Å². The summed E-state index contributed by atoms with van der Waals surface area (Å²) in [6.07, 6.45) is -3.52. The molecule has 1 saturated heterocycles. The maximum atomic E-state index is 12.9. The number of piperazine rings is 1. The lowest BCUT2D eigenvalue weighted by Gasteiger charge is -2.36. The molecule has 3 rings (SSSR count). The van der Waals surface area contributed by atoms with Crippen LogP contribution in [0.25, 0.3) is 0 Å². The normalized spacial score (nSPS) is 16.4. The fourth-order valence-corrected chi connectivity index (χ4v) is 4.02. The van der Waals surface area contributed by atoms with Crippen molar-refractivity contribution in [2.24, 2.45) is 0 Å². The van der Waals surface area contributed by atoms with Crippen LogP contribution < -0.4 is 10.2 Å². The van der Waals surface area contributed by atoms with Crippen LogP contribution in [0.4, 0.5) is 18.9 Å². The topological polar surface area (TPSA) is 61.6 Å². The van der Waals surface area contributed by atoms with Crippen molar-refractivity contribution in [2.45, 2.75) is 39.3 Å². The number of carbonyl (C=O) groups excluding carboxylic acids is 1. The van der Waals surface area contributed by atoms with Crippen LogP contribution in [-0.4, -0.2) is 55.2 Å². The summed E-state index contributed by atoms with van der Waals surface area (Å²) < 4.78 is 43.9. The number of alkyl halides is 3. The predicted molar refractivity (Wildman–Crippen MR) is 112 cm³/mol. The number of amides is 1. The molecule has 2 heterocycles. The van der Waals surface area contributed by atoms with E-state index in [9.17, 15) is 18.0 Å². The average molecular weight is 438 g/mol. The molecule has 1 aromatic heterocycles. The standard InChI is InChI=1S/C22H29F3N4O2/c1-15(20-16(2)27-31-17(20)3)21(30)26-8-5-9-28-10-12-29(13-11-28)19-7-4-6-18(14-19)22(23,24)25/h4,6-7,14-15H,5,8-13H2,1-3H3,(H,26,30). The third-order valence-corrected chi connectivity index (χ3v) is 5.78. The Morgan fingerprint density at radius 3 is 2.55 bits per heavy atom. The Labute approximate surface area is 180 Å². The van der Waals surface area contributed by atoms with Crippen molar-refractivity contribution < 1.29 is 22.5 Å². The quantitative estimate of drug-likeness (QED) is 0.668. The van der Waals surface area contributed by atoms with Gasteiger partial charge in [-0.25, -0.2) is 0 Å². The monoisotopic (exact) mass is 438 g/mol. The SMILES string of the molecule is Cc1noc(C)c1C(C)C(=O)NCCCN1CCN(c2cccc(C(F)(F)F)c2)CC1. The molecule has 1 unspecified atom stereocenters. The molecule has 1 aliphatic rings. The number of hydrogen-bond donors (Lipinski definition) is 1. The summed E-state index contributed by atoms with van der Waals surface area (Å²) in [5.41, 5.74) is 1.56. The van der Waals surface area contributed by atoms with Crippen LogP contribution in [-0.2, 0) is 11.0 Å². The summed E-state index contributed by atoms with van der Waals surface area (Å²) in [6, 6.07) is 5.49. The van der Waals surface area contributed by atoms with Crippen LogP contribution in [0.2, 0.25) is 0 Å². The van der Waals surface area contributed by atoms with Gasteiger partial charge in [0.15, 0.2) is 0 Å². The molecule has 1 fully saturated rings. The van der Waals surface area contributed by atoms with Gasteiger partial charge in [0.1, 0.15) is 5.76 Å². The number of hydrogen-bond acceptors (Lipinski definition) is 5. The lowest BCUT2D eigenvalue weighted by atomic mass is 9.99.